The van der Waals surface area contributed by atoms with Gasteiger partial charge in [0.05, 0.1) is 5.75 Å². The zero-order valence-electron chi connectivity index (χ0n) is 13.4. The summed E-state index contributed by atoms with van der Waals surface area (Å²) in [7, 11) is -1.61. The fourth-order valence-electron chi connectivity index (χ4n) is 2.53. The Bertz CT molecular complexity index is 578. The standard InChI is InChI=1S/C14H24N4O3S/c1-12-11-13(2)16-14(15-12)17-5-7-18(8-6-17)22(19,20)10-4-9-21-3/h11H,4-10H2,1-3H3. The molecule has 0 atom stereocenters. The Morgan fingerprint density at radius 3 is 2.27 bits per heavy atom. The van der Waals surface area contributed by atoms with E-state index in [4.69, 9.17) is 4.74 Å². The molecule has 7 nitrogen and oxygen atoms in total. The molecule has 0 N–H and O–H groups in total. The van der Waals surface area contributed by atoms with Crippen molar-refractivity contribution in [3.63, 3.8) is 0 Å². The lowest BCUT2D eigenvalue weighted by molar-refractivity contribution is 0.199. The molecule has 0 amide bonds. The molecule has 0 spiro atoms. The van der Waals surface area contributed by atoms with Crippen LogP contribution in [0.4, 0.5) is 5.95 Å². The molecule has 0 unspecified atom stereocenters. The monoisotopic (exact) mass is 328 g/mol. The SMILES string of the molecule is COCCCS(=O)(=O)N1CCN(c2nc(C)cc(C)n2)CC1. The Hall–Kier alpha value is -1.25. The Kier molecular flexibility index (Phi) is 5.71. The van der Waals surface area contributed by atoms with Gasteiger partial charge in [0.2, 0.25) is 16.0 Å². The van der Waals surface area contributed by atoms with Gasteiger partial charge in [0, 0.05) is 51.3 Å². The minimum atomic E-state index is -3.19. The van der Waals surface area contributed by atoms with Gasteiger partial charge >= 0.3 is 0 Å². The highest BCUT2D eigenvalue weighted by molar-refractivity contribution is 7.89. The molecule has 1 aromatic rings. The van der Waals surface area contributed by atoms with E-state index in [0.29, 0.717) is 45.2 Å². The van der Waals surface area contributed by atoms with E-state index < -0.39 is 10.0 Å². The quantitative estimate of drug-likeness (QED) is 0.711. The maximum atomic E-state index is 12.2. The maximum absolute atomic E-state index is 12.2. The van der Waals surface area contributed by atoms with Crippen molar-refractivity contribution in [1.29, 1.82) is 0 Å². The molecular formula is C14H24N4O3S. The fourth-order valence-corrected chi connectivity index (χ4v) is 3.99. The molecule has 1 aliphatic rings. The van der Waals surface area contributed by atoms with Gasteiger partial charge in [-0.25, -0.2) is 18.4 Å². The lowest BCUT2D eigenvalue weighted by Crippen LogP contribution is -2.49. The van der Waals surface area contributed by atoms with Gasteiger partial charge in [-0.1, -0.05) is 0 Å². The lowest BCUT2D eigenvalue weighted by atomic mass is 10.3. The molecule has 1 saturated heterocycles. The summed E-state index contributed by atoms with van der Waals surface area (Å²) in [5.41, 5.74) is 1.86. The highest BCUT2D eigenvalue weighted by Gasteiger charge is 2.27. The van der Waals surface area contributed by atoms with Crippen LogP contribution in [0.2, 0.25) is 0 Å². The van der Waals surface area contributed by atoms with Crippen LogP contribution in [-0.4, -0.2) is 68.3 Å². The van der Waals surface area contributed by atoms with Crippen molar-refractivity contribution in [3.8, 4) is 0 Å². The summed E-state index contributed by atoms with van der Waals surface area (Å²) < 4.78 is 30.9. The highest BCUT2D eigenvalue weighted by atomic mass is 32.2. The minimum Gasteiger partial charge on any atom is -0.385 e. The highest BCUT2D eigenvalue weighted by Crippen LogP contribution is 2.15. The Morgan fingerprint density at radius 2 is 1.73 bits per heavy atom. The molecule has 0 aromatic carbocycles. The fraction of sp³-hybridized carbons (Fsp3) is 0.714. The van der Waals surface area contributed by atoms with Gasteiger partial charge in [-0.3, -0.25) is 0 Å². The molecule has 8 heteroatoms. The summed E-state index contributed by atoms with van der Waals surface area (Å²) in [6.45, 7) is 6.54. The number of aromatic nitrogens is 2. The number of nitrogens with zero attached hydrogens (tertiary/aromatic N) is 4. The molecule has 0 bridgehead atoms. The largest absolute Gasteiger partial charge is 0.385 e. The Morgan fingerprint density at radius 1 is 1.14 bits per heavy atom. The third kappa shape index (κ3) is 4.37. The molecule has 1 fully saturated rings. The van der Waals surface area contributed by atoms with Gasteiger partial charge in [0.25, 0.3) is 0 Å². The number of rotatable bonds is 6. The number of hydrogen-bond donors (Lipinski definition) is 0. The third-order valence-electron chi connectivity index (χ3n) is 3.64. The number of aryl methyl sites for hydroxylation is 2. The van der Waals surface area contributed by atoms with Crippen LogP contribution in [0, 0.1) is 13.8 Å². The summed E-state index contributed by atoms with van der Waals surface area (Å²) in [5, 5.41) is 0. The normalized spacial score (nSPS) is 17.0. The number of hydrogen-bond acceptors (Lipinski definition) is 6. The van der Waals surface area contributed by atoms with Gasteiger partial charge in [0.1, 0.15) is 0 Å². The van der Waals surface area contributed by atoms with Crippen LogP contribution in [0.3, 0.4) is 0 Å². The number of sulfonamides is 1. The van der Waals surface area contributed by atoms with Crippen LogP contribution in [0.5, 0.6) is 0 Å². The summed E-state index contributed by atoms with van der Waals surface area (Å²) in [4.78, 5) is 10.9. The lowest BCUT2D eigenvalue weighted by Gasteiger charge is -2.34. The van der Waals surface area contributed by atoms with Crippen LogP contribution in [0.15, 0.2) is 6.07 Å². The van der Waals surface area contributed by atoms with Crippen molar-refractivity contribution in [2.24, 2.45) is 0 Å². The van der Waals surface area contributed by atoms with E-state index in [0.717, 1.165) is 11.4 Å². The van der Waals surface area contributed by atoms with E-state index in [-0.39, 0.29) is 5.75 Å². The van der Waals surface area contributed by atoms with Crippen molar-refractivity contribution in [1.82, 2.24) is 14.3 Å². The zero-order chi connectivity index (χ0) is 16.2. The van der Waals surface area contributed by atoms with Crippen LogP contribution < -0.4 is 4.90 Å². The van der Waals surface area contributed by atoms with Crippen molar-refractivity contribution >= 4 is 16.0 Å². The summed E-state index contributed by atoms with van der Waals surface area (Å²) in [6.07, 6.45) is 0.527. The van der Waals surface area contributed by atoms with Crippen molar-refractivity contribution in [2.45, 2.75) is 20.3 Å². The van der Waals surface area contributed by atoms with Crippen molar-refractivity contribution < 1.29 is 13.2 Å². The second kappa shape index (κ2) is 7.34. The first-order valence-electron chi connectivity index (χ1n) is 7.46. The van der Waals surface area contributed by atoms with E-state index >= 15 is 0 Å². The molecule has 124 valence electrons. The molecule has 0 saturated carbocycles. The number of anilines is 1. The van der Waals surface area contributed by atoms with Crippen molar-refractivity contribution in [3.05, 3.63) is 17.5 Å². The van der Waals surface area contributed by atoms with Crippen LogP contribution >= 0.6 is 0 Å². The summed E-state index contributed by atoms with van der Waals surface area (Å²) in [5.74, 6) is 0.829. The van der Waals surface area contributed by atoms with E-state index in [1.165, 1.54) is 0 Å². The molecule has 2 rings (SSSR count). The van der Waals surface area contributed by atoms with Gasteiger partial charge in [-0.15, -0.1) is 0 Å². The second-order valence-electron chi connectivity index (χ2n) is 5.50. The number of ether oxygens (including phenoxy) is 1. The molecule has 0 aliphatic carbocycles. The topological polar surface area (TPSA) is 75.6 Å². The van der Waals surface area contributed by atoms with E-state index in [9.17, 15) is 8.42 Å². The van der Waals surface area contributed by atoms with E-state index in [1.807, 2.05) is 24.8 Å². The molecule has 1 aromatic heterocycles. The summed E-state index contributed by atoms with van der Waals surface area (Å²) >= 11 is 0. The van der Waals surface area contributed by atoms with Gasteiger partial charge < -0.3 is 9.64 Å². The zero-order valence-corrected chi connectivity index (χ0v) is 14.3. The number of methoxy groups -OCH3 is 1. The smallest absolute Gasteiger partial charge is 0.225 e. The first-order valence-corrected chi connectivity index (χ1v) is 9.07. The molecule has 22 heavy (non-hydrogen) atoms. The van der Waals surface area contributed by atoms with E-state index in [1.54, 1.807) is 11.4 Å². The van der Waals surface area contributed by atoms with Gasteiger partial charge in [0.15, 0.2) is 0 Å². The average Bonchev–Trinajstić information content (AvgIpc) is 2.46. The Balaban J connectivity index is 1.95. The average molecular weight is 328 g/mol. The van der Waals surface area contributed by atoms with Crippen LogP contribution in [0.1, 0.15) is 17.8 Å². The van der Waals surface area contributed by atoms with Crippen LogP contribution in [-0.2, 0) is 14.8 Å². The first kappa shape index (κ1) is 17.1. The summed E-state index contributed by atoms with van der Waals surface area (Å²) in [6, 6.07) is 1.93. The predicted octanol–water partition coefficient (Wildman–Crippen LogP) is 0.582. The molecule has 2 heterocycles. The van der Waals surface area contributed by atoms with Gasteiger partial charge in [-0.2, -0.15) is 4.31 Å². The number of piperazine rings is 1. The van der Waals surface area contributed by atoms with Gasteiger partial charge in [-0.05, 0) is 26.3 Å². The first-order chi connectivity index (χ1) is 10.4. The maximum Gasteiger partial charge on any atom is 0.225 e. The van der Waals surface area contributed by atoms with Crippen LogP contribution in [0.25, 0.3) is 0 Å². The molecular weight excluding hydrogens is 304 g/mol. The van der Waals surface area contributed by atoms with E-state index in [2.05, 4.69) is 9.97 Å². The molecule has 1 aliphatic heterocycles. The third-order valence-corrected chi connectivity index (χ3v) is 5.59. The van der Waals surface area contributed by atoms with Crippen molar-refractivity contribution in [2.75, 3.05) is 50.5 Å². The predicted molar refractivity (Wildman–Crippen MR) is 85.6 cm³/mol. The minimum absolute atomic E-state index is 0.140. The molecule has 0 radical (unpaired) electrons. The Labute approximate surface area is 132 Å². The second-order valence-corrected chi connectivity index (χ2v) is 7.59.